The molecule has 1 aliphatic heterocycles. The smallest absolute Gasteiger partial charge is 0.410 e. The van der Waals surface area contributed by atoms with Gasteiger partial charge >= 0.3 is 6.09 Å². The van der Waals surface area contributed by atoms with Crippen LogP contribution in [0.4, 0.5) is 4.79 Å². The standard InChI is InChI=1S/C30H42N2O7S/c1-21-17-26(31(40(5,34)35)19-22-11-14-25(36-2)15-12-22)27(32(21)30(33)38-4)20-39-28-16-13-24(18-29(28)37-3)23-9-7-6-8-10-23/h6-12,14-15,21,24,26-29H,13,16-20H2,1-5H3/t21?,24?,26-,27-,28?,29?/m0/s1. The lowest BCUT2D eigenvalue weighted by molar-refractivity contribution is -0.0929. The van der Waals surface area contributed by atoms with Crippen LogP contribution in [0.1, 0.15) is 49.7 Å². The molecule has 6 atom stereocenters. The molecular formula is C30H42N2O7S. The molecule has 220 valence electrons. The highest BCUT2D eigenvalue weighted by atomic mass is 32.2. The fourth-order valence-electron chi connectivity index (χ4n) is 6.24. The van der Waals surface area contributed by atoms with Crippen LogP contribution in [0.15, 0.2) is 54.6 Å². The van der Waals surface area contributed by atoms with Crippen molar-refractivity contribution in [2.75, 3.05) is 34.2 Å². The molecule has 4 unspecified atom stereocenters. The number of nitrogens with zero attached hydrogens (tertiary/aromatic N) is 2. The molecule has 1 heterocycles. The van der Waals surface area contributed by atoms with Gasteiger partial charge in [-0.2, -0.15) is 4.31 Å². The normalized spacial score (nSPS) is 27.1. The topological polar surface area (TPSA) is 94.6 Å². The van der Waals surface area contributed by atoms with Gasteiger partial charge in [-0.3, -0.25) is 4.90 Å². The number of sulfonamides is 1. The summed E-state index contributed by atoms with van der Waals surface area (Å²) in [4.78, 5) is 14.5. The molecule has 0 spiro atoms. The van der Waals surface area contributed by atoms with Gasteiger partial charge < -0.3 is 18.9 Å². The number of methoxy groups -OCH3 is 3. The molecule has 9 nitrogen and oxygen atoms in total. The highest BCUT2D eigenvalue weighted by Gasteiger charge is 2.48. The molecule has 2 aromatic carbocycles. The van der Waals surface area contributed by atoms with Crippen LogP contribution in [0.25, 0.3) is 0 Å². The van der Waals surface area contributed by atoms with Crippen molar-refractivity contribution in [3.05, 3.63) is 65.7 Å². The molecule has 1 saturated heterocycles. The third-order valence-corrected chi connectivity index (χ3v) is 9.58. The first-order valence-corrected chi connectivity index (χ1v) is 15.7. The van der Waals surface area contributed by atoms with E-state index in [-0.39, 0.29) is 31.4 Å². The Kier molecular flexibility index (Phi) is 10.1. The lowest BCUT2D eigenvalue weighted by Gasteiger charge is -2.38. The van der Waals surface area contributed by atoms with Crippen LogP contribution in [0.3, 0.4) is 0 Å². The monoisotopic (exact) mass is 574 g/mol. The summed E-state index contributed by atoms with van der Waals surface area (Å²) in [6.45, 7) is 2.27. The van der Waals surface area contributed by atoms with Crippen molar-refractivity contribution < 1.29 is 32.2 Å². The number of carbonyl (C=O) groups excluding carboxylic acids is 1. The zero-order valence-electron chi connectivity index (χ0n) is 24.1. The fraction of sp³-hybridized carbons (Fsp3) is 0.567. The highest BCUT2D eigenvalue weighted by Crippen LogP contribution is 2.37. The molecule has 1 saturated carbocycles. The maximum absolute atomic E-state index is 13.1. The van der Waals surface area contributed by atoms with Gasteiger partial charge in [0.1, 0.15) is 5.75 Å². The minimum atomic E-state index is -3.63. The SMILES string of the molecule is COC(=O)N1C(C)C[C@H](N(Cc2ccc(OC)cc2)S(C)(=O)=O)[C@@H]1COC1CCC(c2ccccc2)CC1OC. The van der Waals surface area contributed by atoms with Crippen molar-refractivity contribution in [3.63, 3.8) is 0 Å². The molecule has 1 amide bonds. The Balaban J connectivity index is 1.54. The van der Waals surface area contributed by atoms with Gasteiger partial charge in [0.05, 0.1) is 45.3 Å². The Morgan fingerprint density at radius 1 is 0.975 bits per heavy atom. The number of ether oxygens (including phenoxy) is 4. The van der Waals surface area contributed by atoms with Gasteiger partial charge in [-0.25, -0.2) is 13.2 Å². The Bertz CT molecular complexity index is 1210. The van der Waals surface area contributed by atoms with Crippen molar-refractivity contribution in [1.82, 2.24) is 9.21 Å². The van der Waals surface area contributed by atoms with Gasteiger partial charge in [-0.1, -0.05) is 42.5 Å². The molecule has 2 fully saturated rings. The first-order valence-electron chi connectivity index (χ1n) is 13.8. The maximum Gasteiger partial charge on any atom is 0.410 e. The number of carbonyl (C=O) groups is 1. The Hall–Kier alpha value is -2.66. The number of likely N-dealkylation sites (tertiary alicyclic amines) is 1. The van der Waals surface area contributed by atoms with Gasteiger partial charge in [0.25, 0.3) is 0 Å². The highest BCUT2D eigenvalue weighted by molar-refractivity contribution is 7.88. The summed E-state index contributed by atoms with van der Waals surface area (Å²) in [5.41, 5.74) is 2.13. The molecule has 2 aromatic rings. The molecule has 40 heavy (non-hydrogen) atoms. The van der Waals surface area contributed by atoms with Crippen molar-refractivity contribution in [2.24, 2.45) is 0 Å². The van der Waals surface area contributed by atoms with E-state index in [0.29, 0.717) is 18.1 Å². The first-order chi connectivity index (χ1) is 19.2. The molecule has 10 heteroatoms. The predicted molar refractivity (Wildman–Crippen MR) is 153 cm³/mol. The summed E-state index contributed by atoms with van der Waals surface area (Å²) in [6, 6.07) is 16.6. The van der Waals surface area contributed by atoms with Crippen LogP contribution < -0.4 is 4.74 Å². The minimum absolute atomic E-state index is 0.104. The third-order valence-electron chi connectivity index (χ3n) is 8.32. The van der Waals surface area contributed by atoms with E-state index in [9.17, 15) is 13.2 Å². The quantitative estimate of drug-likeness (QED) is 0.415. The zero-order chi connectivity index (χ0) is 28.9. The average molecular weight is 575 g/mol. The van der Waals surface area contributed by atoms with Crippen molar-refractivity contribution >= 4 is 16.1 Å². The number of benzene rings is 2. The number of amides is 1. The third kappa shape index (κ3) is 6.97. The molecule has 0 N–H and O–H groups in total. The summed E-state index contributed by atoms with van der Waals surface area (Å²) in [5, 5.41) is 0. The molecule has 0 aromatic heterocycles. The summed E-state index contributed by atoms with van der Waals surface area (Å²) < 4.78 is 50.5. The van der Waals surface area contributed by atoms with Crippen LogP contribution in [0.2, 0.25) is 0 Å². The Labute approximate surface area is 238 Å². The Morgan fingerprint density at radius 3 is 2.27 bits per heavy atom. The van der Waals surface area contributed by atoms with E-state index in [2.05, 4.69) is 24.3 Å². The summed E-state index contributed by atoms with van der Waals surface area (Å²) in [6.07, 6.45) is 3.55. The molecule has 0 bridgehead atoms. The van der Waals surface area contributed by atoms with Crippen LogP contribution >= 0.6 is 0 Å². The van der Waals surface area contributed by atoms with Crippen molar-refractivity contribution in [1.29, 1.82) is 0 Å². The van der Waals surface area contributed by atoms with Crippen molar-refractivity contribution in [2.45, 2.75) is 75.4 Å². The number of rotatable bonds is 10. The van der Waals surface area contributed by atoms with Crippen LogP contribution in [0.5, 0.6) is 5.75 Å². The van der Waals surface area contributed by atoms with E-state index in [1.54, 1.807) is 19.1 Å². The Morgan fingerprint density at radius 2 is 1.68 bits per heavy atom. The molecular weight excluding hydrogens is 532 g/mol. The van der Waals surface area contributed by atoms with Gasteiger partial charge in [0.15, 0.2) is 0 Å². The van der Waals surface area contributed by atoms with Crippen LogP contribution in [-0.4, -0.2) is 88.2 Å². The van der Waals surface area contributed by atoms with E-state index in [1.165, 1.54) is 23.2 Å². The van der Waals surface area contributed by atoms with Crippen molar-refractivity contribution in [3.8, 4) is 5.75 Å². The molecule has 4 rings (SSSR count). The second kappa shape index (κ2) is 13.3. The minimum Gasteiger partial charge on any atom is -0.497 e. The van der Waals surface area contributed by atoms with E-state index < -0.39 is 28.2 Å². The number of hydrogen-bond acceptors (Lipinski definition) is 7. The van der Waals surface area contributed by atoms with E-state index >= 15 is 0 Å². The predicted octanol–water partition coefficient (Wildman–Crippen LogP) is 4.42. The largest absolute Gasteiger partial charge is 0.497 e. The van der Waals surface area contributed by atoms with E-state index in [4.69, 9.17) is 18.9 Å². The van der Waals surface area contributed by atoms with Crippen LogP contribution in [-0.2, 0) is 30.8 Å². The second-order valence-electron chi connectivity index (χ2n) is 10.8. The molecule has 2 aliphatic rings. The summed E-state index contributed by atoms with van der Waals surface area (Å²) >= 11 is 0. The van der Waals surface area contributed by atoms with Gasteiger partial charge in [0.2, 0.25) is 10.0 Å². The lowest BCUT2D eigenvalue weighted by atomic mass is 9.81. The van der Waals surface area contributed by atoms with E-state index in [1.807, 2.05) is 37.3 Å². The van der Waals surface area contributed by atoms with E-state index in [0.717, 1.165) is 24.8 Å². The lowest BCUT2D eigenvalue weighted by Crippen LogP contribution is -2.52. The summed E-state index contributed by atoms with van der Waals surface area (Å²) in [5.74, 6) is 1.09. The number of hydrogen-bond donors (Lipinski definition) is 0. The van der Waals surface area contributed by atoms with Crippen LogP contribution in [0, 0.1) is 0 Å². The maximum atomic E-state index is 13.1. The fourth-order valence-corrected chi connectivity index (χ4v) is 7.34. The van der Waals surface area contributed by atoms with Gasteiger partial charge in [-0.15, -0.1) is 0 Å². The zero-order valence-corrected chi connectivity index (χ0v) is 24.9. The first kappa shape index (κ1) is 30.3. The second-order valence-corrected chi connectivity index (χ2v) is 12.8. The summed E-state index contributed by atoms with van der Waals surface area (Å²) in [7, 11) is 1.01. The average Bonchev–Trinajstić information content (AvgIpc) is 3.29. The molecule has 1 aliphatic carbocycles. The van der Waals surface area contributed by atoms with Gasteiger partial charge in [-0.05, 0) is 61.8 Å². The molecule has 0 radical (unpaired) electrons. The van der Waals surface area contributed by atoms with Gasteiger partial charge in [0, 0.05) is 25.7 Å².